The first-order valence-corrected chi connectivity index (χ1v) is 4.79. The highest BCUT2D eigenvalue weighted by Crippen LogP contribution is 2.31. The van der Waals surface area contributed by atoms with E-state index in [1.807, 2.05) is 12.1 Å². The smallest absolute Gasteiger partial charge is 0.123 e. The van der Waals surface area contributed by atoms with Crippen LogP contribution >= 0.6 is 0 Å². The molecule has 1 aliphatic rings. The molecule has 2 rings (SSSR count). The van der Waals surface area contributed by atoms with Gasteiger partial charge < -0.3 is 0 Å². The molecule has 0 amide bonds. The van der Waals surface area contributed by atoms with Gasteiger partial charge in [0.25, 0.3) is 0 Å². The molecule has 0 unspecified atom stereocenters. The molecular weight excluding hydrogens is 175 g/mol. The molecule has 0 radical (unpaired) electrons. The largest absolute Gasteiger partial charge is 0.207 e. The Morgan fingerprint density at radius 3 is 2.21 bits per heavy atom. The van der Waals surface area contributed by atoms with Crippen molar-refractivity contribution in [1.29, 1.82) is 0 Å². The van der Waals surface area contributed by atoms with E-state index in [4.69, 9.17) is 0 Å². The Hall–Kier alpha value is -1.37. The Kier molecular flexibility index (Phi) is 2.24. The van der Waals surface area contributed by atoms with Crippen LogP contribution in [0, 0.1) is 5.82 Å². The maximum atomic E-state index is 12.7. The first-order chi connectivity index (χ1) is 6.66. The summed E-state index contributed by atoms with van der Waals surface area (Å²) in [5.74, 6) is -0.172. The van der Waals surface area contributed by atoms with E-state index in [2.05, 4.69) is 19.9 Å². The van der Waals surface area contributed by atoms with Crippen molar-refractivity contribution in [2.24, 2.45) is 0 Å². The summed E-state index contributed by atoms with van der Waals surface area (Å²) in [6, 6.07) is 6.71. The van der Waals surface area contributed by atoms with Crippen molar-refractivity contribution in [2.75, 3.05) is 0 Å². The Bertz CT molecular complexity index is 407. The summed E-state index contributed by atoms with van der Waals surface area (Å²) < 4.78 is 12.7. The van der Waals surface area contributed by atoms with E-state index < -0.39 is 0 Å². The molecule has 0 aliphatic heterocycles. The van der Waals surface area contributed by atoms with Crippen LogP contribution in [0.1, 0.15) is 25.8 Å². The van der Waals surface area contributed by atoms with Crippen LogP contribution in [0.4, 0.5) is 4.39 Å². The van der Waals surface area contributed by atoms with E-state index >= 15 is 0 Å². The summed E-state index contributed by atoms with van der Waals surface area (Å²) in [7, 11) is 0. The molecule has 1 aromatic rings. The van der Waals surface area contributed by atoms with Gasteiger partial charge in [0.15, 0.2) is 0 Å². The van der Waals surface area contributed by atoms with Crippen LogP contribution in [0.5, 0.6) is 0 Å². The lowest BCUT2D eigenvalue weighted by molar-refractivity contribution is 0.627. The predicted molar refractivity (Wildman–Crippen MR) is 57.4 cm³/mol. The maximum Gasteiger partial charge on any atom is 0.123 e. The van der Waals surface area contributed by atoms with Gasteiger partial charge in [-0.1, -0.05) is 29.4 Å². The molecule has 0 atom stereocenters. The lowest BCUT2D eigenvalue weighted by Gasteiger charge is -2.02. The van der Waals surface area contributed by atoms with Gasteiger partial charge in [-0.25, -0.2) is 4.39 Å². The summed E-state index contributed by atoms with van der Waals surface area (Å²) >= 11 is 0. The molecule has 0 N–H and O–H groups in total. The maximum absolute atomic E-state index is 12.7. The minimum absolute atomic E-state index is 0.172. The standard InChI is InChI=1S/C13H13F/c1-9-7-12(8-10(9)2)11-3-5-13(14)6-4-11/h3-7H,8H2,1-2H3. The van der Waals surface area contributed by atoms with E-state index in [1.54, 1.807) is 0 Å². The van der Waals surface area contributed by atoms with Gasteiger partial charge in [0.1, 0.15) is 5.82 Å². The molecule has 0 saturated heterocycles. The van der Waals surface area contributed by atoms with Crippen LogP contribution in [0.2, 0.25) is 0 Å². The van der Waals surface area contributed by atoms with Gasteiger partial charge in [0, 0.05) is 0 Å². The topological polar surface area (TPSA) is 0 Å². The second kappa shape index (κ2) is 3.41. The van der Waals surface area contributed by atoms with Gasteiger partial charge in [0.2, 0.25) is 0 Å². The van der Waals surface area contributed by atoms with Crippen molar-refractivity contribution in [2.45, 2.75) is 20.3 Å². The monoisotopic (exact) mass is 188 g/mol. The van der Waals surface area contributed by atoms with Crippen LogP contribution in [0.3, 0.4) is 0 Å². The van der Waals surface area contributed by atoms with Crippen molar-refractivity contribution in [1.82, 2.24) is 0 Å². The van der Waals surface area contributed by atoms with Gasteiger partial charge in [-0.2, -0.15) is 0 Å². The average Bonchev–Trinajstić information content (AvgIpc) is 2.48. The zero-order valence-corrected chi connectivity index (χ0v) is 8.47. The highest BCUT2D eigenvalue weighted by atomic mass is 19.1. The molecule has 1 aromatic carbocycles. The number of hydrogen-bond acceptors (Lipinski definition) is 0. The van der Waals surface area contributed by atoms with Crippen molar-refractivity contribution >= 4 is 5.57 Å². The van der Waals surface area contributed by atoms with E-state index in [1.165, 1.54) is 28.9 Å². The molecule has 1 heteroatoms. The zero-order chi connectivity index (χ0) is 10.1. The lowest BCUT2D eigenvalue weighted by atomic mass is 10.0. The molecule has 0 aromatic heterocycles. The van der Waals surface area contributed by atoms with Crippen LogP contribution in [-0.2, 0) is 0 Å². The summed E-state index contributed by atoms with van der Waals surface area (Å²) in [4.78, 5) is 0. The van der Waals surface area contributed by atoms with Crippen molar-refractivity contribution in [3.8, 4) is 0 Å². The molecule has 0 nitrogen and oxygen atoms in total. The minimum Gasteiger partial charge on any atom is -0.207 e. The Morgan fingerprint density at radius 1 is 1.07 bits per heavy atom. The molecule has 0 fully saturated rings. The van der Waals surface area contributed by atoms with Gasteiger partial charge in [-0.15, -0.1) is 0 Å². The second-order valence-electron chi connectivity index (χ2n) is 3.82. The van der Waals surface area contributed by atoms with Crippen LogP contribution in [-0.4, -0.2) is 0 Å². The van der Waals surface area contributed by atoms with Crippen molar-refractivity contribution in [3.63, 3.8) is 0 Å². The highest BCUT2D eigenvalue weighted by Gasteiger charge is 2.10. The van der Waals surface area contributed by atoms with Crippen LogP contribution in [0.15, 0.2) is 41.5 Å². The fourth-order valence-electron chi connectivity index (χ4n) is 1.71. The molecule has 72 valence electrons. The molecular formula is C13H13F. The Labute approximate surface area is 83.8 Å². The lowest BCUT2D eigenvalue weighted by Crippen LogP contribution is -1.82. The third-order valence-electron chi connectivity index (χ3n) is 2.73. The van der Waals surface area contributed by atoms with Gasteiger partial charge in [0.05, 0.1) is 0 Å². The van der Waals surface area contributed by atoms with E-state index in [-0.39, 0.29) is 5.82 Å². The average molecular weight is 188 g/mol. The van der Waals surface area contributed by atoms with Crippen molar-refractivity contribution in [3.05, 3.63) is 52.9 Å². The normalized spacial score (nSPS) is 16.1. The van der Waals surface area contributed by atoms with Crippen molar-refractivity contribution < 1.29 is 4.39 Å². The number of hydrogen-bond donors (Lipinski definition) is 0. The third kappa shape index (κ3) is 1.63. The summed E-state index contributed by atoms with van der Waals surface area (Å²) in [5.41, 5.74) is 5.16. The Morgan fingerprint density at radius 2 is 1.71 bits per heavy atom. The van der Waals surface area contributed by atoms with Crippen LogP contribution < -0.4 is 0 Å². The Balaban J connectivity index is 2.28. The van der Waals surface area contributed by atoms with E-state index in [9.17, 15) is 4.39 Å². The number of rotatable bonds is 1. The third-order valence-corrected chi connectivity index (χ3v) is 2.73. The fraction of sp³-hybridized carbons (Fsp3) is 0.231. The molecule has 0 spiro atoms. The summed E-state index contributed by atoms with van der Waals surface area (Å²) in [5, 5.41) is 0. The van der Waals surface area contributed by atoms with Gasteiger partial charge in [-0.05, 0) is 43.5 Å². The predicted octanol–water partition coefficient (Wildman–Crippen LogP) is 3.95. The highest BCUT2D eigenvalue weighted by molar-refractivity contribution is 5.73. The van der Waals surface area contributed by atoms with E-state index in [0.717, 1.165) is 12.0 Å². The minimum atomic E-state index is -0.172. The number of halogens is 1. The zero-order valence-electron chi connectivity index (χ0n) is 8.47. The first-order valence-electron chi connectivity index (χ1n) is 4.79. The second-order valence-corrected chi connectivity index (χ2v) is 3.82. The molecule has 14 heavy (non-hydrogen) atoms. The fourth-order valence-corrected chi connectivity index (χ4v) is 1.71. The molecule has 0 saturated carbocycles. The first kappa shape index (κ1) is 9.20. The molecule has 0 bridgehead atoms. The number of allylic oxidation sites excluding steroid dienone is 4. The number of benzene rings is 1. The molecule has 0 heterocycles. The van der Waals surface area contributed by atoms with Gasteiger partial charge in [-0.3, -0.25) is 0 Å². The van der Waals surface area contributed by atoms with Crippen LogP contribution in [0.25, 0.3) is 5.57 Å². The van der Waals surface area contributed by atoms with E-state index in [0.29, 0.717) is 0 Å². The quantitative estimate of drug-likeness (QED) is 0.626. The SMILES string of the molecule is CC1=C(C)CC(c2ccc(F)cc2)=C1. The summed E-state index contributed by atoms with van der Waals surface area (Å²) in [6.07, 6.45) is 3.18. The molecule has 1 aliphatic carbocycles. The van der Waals surface area contributed by atoms with Gasteiger partial charge >= 0.3 is 0 Å². The summed E-state index contributed by atoms with van der Waals surface area (Å²) in [6.45, 7) is 4.26.